The molecule has 27 heavy (non-hydrogen) atoms. The van der Waals surface area contributed by atoms with Crippen LogP contribution in [0.3, 0.4) is 0 Å². The predicted octanol–water partition coefficient (Wildman–Crippen LogP) is 4.54. The molecule has 1 aromatic heterocycles. The molecule has 140 valence electrons. The number of ether oxygens (including phenoxy) is 1. The van der Waals surface area contributed by atoms with E-state index in [0.29, 0.717) is 24.0 Å². The number of carbonyl (C=O) groups excluding carboxylic acids is 1. The van der Waals surface area contributed by atoms with Gasteiger partial charge in [0.05, 0.1) is 17.9 Å². The Balaban J connectivity index is 1.67. The summed E-state index contributed by atoms with van der Waals surface area (Å²) >= 11 is 0. The Morgan fingerprint density at radius 2 is 2.07 bits per heavy atom. The van der Waals surface area contributed by atoms with E-state index in [1.807, 2.05) is 0 Å². The molecule has 1 fully saturated rings. The largest absolute Gasteiger partial charge is 0.461 e. The normalized spacial score (nSPS) is 19.3. The van der Waals surface area contributed by atoms with Crippen LogP contribution in [-0.4, -0.2) is 22.5 Å². The average molecular weight is 362 g/mol. The van der Waals surface area contributed by atoms with Crippen molar-refractivity contribution in [2.45, 2.75) is 51.4 Å². The zero-order valence-electron chi connectivity index (χ0n) is 15.9. The molecule has 0 spiro atoms. The Kier molecular flexibility index (Phi) is 6.59. The molecule has 1 aromatic carbocycles. The number of aromatic nitrogens is 2. The standard InChI is InChI=1S/C23H26N2O2/c1-3-20-21(24-16-25-22(20)23(26)27-4-2)14-13-17-9-8-12-19(15-17)18-10-6-5-7-11-18/h1,5-7,10-11,16-17,19H,4,8-9,12-15H2,2H3/t17-,19-/m1/s1. The summed E-state index contributed by atoms with van der Waals surface area (Å²) in [6, 6.07) is 10.8. The molecule has 4 nitrogen and oxygen atoms in total. The quantitative estimate of drug-likeness (QED) is 0.559. The maximum atomic E-state index is 12.1. The first kappa shape index (κ1) is 19.1. The van der Waals surface area contributed by atoms with Gasteiger partial charge in [-0.1, -0.05) is 49.1 Å². The summed E-state index contributed by atoms with van der Waals surface area (Å²) in [5, 5.41) is 0. The van der Waals surface area contributed by atoms with Crippen molar-refractivity contribution in [3.05, 3.63) is 59.2 Å². The Morgan fingerprint density at radius 1 is 1.26 bits per heavy atom. The lowest BCUT2D eigenvalue weighted by Gasteiger charge is -2.29. The molecular formula is C23H26N2O2. The predicted molar refractivity (Wildman–Crippen MR) is 105 cm³/mol. The molecule has 0 bridgehead atoms. The van der Waals surface area contributed by atoms with Crippen LogP contribution in [-0.2, 0) is 11.2 Å². The third-order valence-corrected chi connectivity index (χ3v) is 5.38. The van der Waals surface area contributed by atoms with E-state index in [9.17, 15) is 4.79 Å². The van der Waals surface area contributed by atoms with E-state index in [1.165, 1.54) is 37.6 Å². The summed E-state index contributed by atoms with van der Waals surface area (Å²) in [5.74, 6) is 3.41. The smallest absolute Gasteiger partial charge is 0.358 e. The molecule has 0 aliphatic heterocycles. The summed E-state index contributed by atoms with van der Waals surface area (Å²) in [5.41, 5.74) is 2.90. The number of rotatable bonds is 6. The van der Waals surface area contributed by atoms with E-state index in [-0.39, 0.29) is 5.69 Å². The molecule has 0 unspecified atom stereocenters. The van der Waals surface area contributed by atoms with Crippen molar-refractivity contribution in [3.8, 4) is 12.3 Å². The van der Waals surface area contributed by atoms with Gasteiger partial charge in [-0.15, -0.1) is 6.42 Å². The third-order valence-electron chi connectivity index (χ3n) is 5.38. The van der Waals surface area contributed by atoms with Gasteiger partial charge in [-0.3, -0.25) is 0 Å². The van der Waals surface area contributed by atoms with Crippen molar-refractivity contribution in [2.24, 2.45) is 5.92 Å². The zero-order valence-corrected chi connectivity index (χ0v) is 15.9. The highest BCUT2D eigenvalue weighted by atomic mass is 16.5. The fraction of sp³-hybridized carbons (Fsp3) is 0.435. The Morgan fingerprint density at radius 3 is 2.81 bits per heavy atom. The molecule has 0 amide bonds. The van der Waals surface area contributed by atoms with E-state index >= 15 is 0 Å². The van der Waals surface area contributed by atoms with Gasteiger partial charge in [0, 0.05) is 0 Å². The number of esters is 1. The van der Waals surface area contributed by atoms with Crippen LogP contribution in [0.15, 0.2) is 36.7 Å². The van der Waals surface area contributed by atoms with Crippen LogP contribution >= 0.6 is 0 Å². The van der Waals surface area contributed by atoms with Gasteiger partial charge in [0.25, 0.3) is 0 Å². The number of carbonyl (C=O) groups is 1. The van der Waals surface area contributed by atoms with Gasteiger partial charge in [0.2, 0.25) is 0 Å². The lowest BCUT2D eigenvalue weighted by molar-refractivity contribution is 0.0518. The molecule has 3 rings (SSSR count). The summed E-state index contributed by atoms with van der Waals surface area (Å²) in [6.07, 6.45) is 13.8. The van der Waals surface area contributed by atoms with Gasteiger partial charge in [-0.25, -0.2) is 14.8 Å². The van der Waals surface area contributed by atoms with E-state index in [4.69, 9.17) is 11.2 Å². The van der Waals surface area contributed by atoms with Crippen molar-refractivity contribution >= 4 is 5.97 Å². The van der Waals surface area contributed by atoms with Gasteiger partial charge in [-0.05, 0) is 50.0 Å². The van der Waals surface area contributed by atoms with Crippen molar-refractivity contribution in [1.82, 2.24) is 9.97 Å². The summed E-state index contributed by atoms with van der Waals surface area (Å²) in [6.45, 7) is 2.06. The number of benzene rings is 1. The van der Waals surface area contributed by atoms with E-state index in [2.05, 4.69) is 46.2 Å². The number of hydrogen-bond acceptors (Lipinski definition) is 4. The Hall–Kier alpha value is -2.67. The van der Waals surface area contributed by atoms with Gasteiger partial charge >= 0.3 is 5.97 Å². The second-order valence-corrected chi connectivity index (χ2v) is 7.09. The fourth-order valence-electron chi connectivity index (χ4n) is 4.04. The maximum Gasteiger partial charge on any atom is 0.358 e. The molecule has 2 atom stereocenters. The van der Waals surface area contributed by atoms with Crippen molar-refractivity contribution in [1.29, 1.82) is 0 Å². The lowest BCUT2D eigenvalue weighted by Crippen LogP contribution is -2.16. The van der Waals surface area contributed by atoms with Crippen molar-refractivity contribution in [3.63, 3.8) is 0 Å². The second kappa shape index (κ2) is 9.32. The molecule has 1 aliphatic carbocycles. The average Bonchev–Trinajstić information content (AvgIpc) is 2.73. The second-order valence-electron chi connectivity index (χ2n) is 7.09. The number of hydrogen-bond donors (Lipinski definition) is 0. The van der Waals surface area contributed by atoms with Crippen LogP contribution in [0.25, 0.3) is 0 Å². The minimum absolute atomic E-state index is 0.204. The zero-order chi connectivity index (χ0) is 19.1. The minimum atomic E-state index is -0.476. The first-order valence-electron chi connectivity index (χ1n) is 9.75. The number of terminal acetylenes is 1. The van der Waals surface area contributed by atoms with E-state index < -0.39 is 5.97 Å². The van der Waals surface area contributed by atoms with Crippen LogP contribution in [0.2, 0.25) is 0 Å². The molecular weight excluding hydrogens is 336 g/mol. The molecule has 0 radical (unpaired) electrons. The number of aryl methyl sites for hydroxylation is 1. The fourth-order valence-corrected chi connectivity index (χ4v) is 4.04. The van der Waals surface area contributed by atoms with Crippen molar-refractivity contribution in [2.75, 3.05) is 6.61 Å². The van der Waals surface area contributed by atoms with Crippen molar-refractivity contribution < 1.29 is 9.53 Å². The van der Waals surface area contributed by atoms with Gasteiger partial charge < -0.3 is 4.74 Å². The molecule has 0 saturated heterocycles. The van der Waals surface area contributed by atoms with Crippen LogP contribution in [0.1, 0.15) is 72.3 Å². The van der Waals surface area contributed by atoms with E-state index in [1.54, 1.807) is 6.92 Å². The SMILES string of the molecule is C#Cc1c(CC[C@H]2CCC[C@@H](c3ccccc3)C2)ncnc1C(=O)OCC. The summed E-state index contributed by atoms with van der Waals surface area (Å²) in [7, 11) is 0. The van der Waals surface area contributed by atoms with Gasteiger partial charge in [-0.2, -0.15) is 0 Å². The Labute approximate surface area is 161 Å². The molecule has 0 N–H and O–H groups in total. The first-order valence-corrected chi connectivity index (χ1v) is 9.75. The Bertz CT molecular complexity index is 811. The first-order chi connectivity index (χ1) is 13.2. The summed E-state index contributed by atoms with van der Waals surface area (Å²) < 4.78 is 5.06. The molecule has 4 heteroatoms. The molecule has 2 aromatic rings. The van der Waals surface area contributed by atoms with Crippen LogP contribution in [0, 0.1) is 18.3 Å². The summed E-state index contributed by atoms with van der Waals surface area (Å²) in [4.78, 5) is 20.5. The maximum absolute atomic E-state index is 12.1. The third kappa shape index (κ3) is 4.74. The monoisotopic (exact) mass is 362 g/mol. The number of nitrogens with zero attached hydrogens (tertiary/aromatic N) is 2. The minimum Gasteiger partial charge on any atom is -0.461 e. The molecule has 1 heterocycles. The lowest BCUT2D eigenvalue weighted by atomic mass is 9.76. The highest BCUT2D eigenvalue weighted by Gasteiger charge is 2.24. The topological polar surface area (TPSA) is 52.1 Å². The highest BCUT2D eigenvalue weighted by molar-refractivity contribution is 5.90. The van der Waals surface area contributed by atoms with E-state index in [0.717, 1.165) is 18.5 Å². The van der Waals surface area contributed by atoms with Crippen LogP contribution < -0.4 is 0 Å². The van der Waals surface area contributed by atoms with Crippen LogP contribution in [0.5, 0.6) is 0 Å². The molecule has 1 aliphatic rings. The van der Waals surface area contributed by atoms with Gasteiger partial charge in [0.1, 0.15) is 6.33 Å². The highest BCUT2D eigenvalue weighted by Crippen LogP contribution is 2.38. The van der Waals surface area contributed by atoms with Crippen LogP contribution in [0.4, 0.5) is 0 Å². The van der Waals surface area contributed by atoms with Gasteiger partial charge in [0.15, 0.2) is 5.69 Å². The molecule has 1 saturated carbocycles.